The summed E-state index contributed by atoms with van der Waals surface area (Å²) in [5.41, 5.74) is 3.74. The van der Waals surface area contributed by atoms with E-state index in [9.17, 15) is 27.6 Å². The number of carbonyl (C=O) groups excluding carboxylic acids is 5. The van der Waals surface area contributed by atoms with Crippen molar-refractivity contribution in [3.05, 3.63) is 83.2 Å². The molecule has 3 aromatic heterocycles. The zero-order valence-electron chi connectivity index (χ0n) is 50.1. The molecule has 5 aromatic rings. The van der Waals surface area contributed by atoms with Gasteiger partial charge in [-0.1, -0.05) is 43.5 Å². The number of aryl methyl sites for hydroxylation is 2. The topological polar surface area (TPSA) is 279 Å². The van der Waals surface area contributed by atoms with Crippen molar-refractivity contribution in [2.24, 2.45) is 5.92 Å². The van der Waals surface area contributed by atoms with Crippen molar-refractivity contribution in [2.75, 3.05) is 63.1 Å². The number of H-pyrrole nitrogens is 1. The Morgan fingerprint density at radius 3 is 2.30 bits per heavy atom. The van der Waals surface area contributed by atoms with E-state index < -0.39 is 68.2 Å². The van der Waals surface area contributed by atoms with E-state index in [4.69, 9.17) is 9.47 Å². The van der Waals surface area contributed by atoms with Crippen LogP contribution in [0.2, 0.25) is 0 Å². The van der Waals surface area contributed by atoms with E-state index in [2.05, 4.69) is 67.3 Å². The van der Waals surface area contributed by atoms with Gasteiger partial charge in [0.25, 0.3) is 5.91 Å². The number of rotatable bonds is 17. The van der Waals surface area contributed by atoms with Gasteiger partial charge in [-0.05, 0) is 124 Å². The number of aromatic nitrogens is 6. The van der Waals surface area contributed by atoms with Crippen molar-refractivity contribution in [1.82, 2.24) is 60.8 Å². The molecule has 2 saturated heterocycles. The van der Waals surface area contributed by atoms with Crippen LogP contribution in [0.25, 0.3) is 10.9 Å². The lowest BCUT2D eigenvalue weighted by molar-refractivity contribution is -0.143. The number of hydrogen-bond donors (Lipinski definition) is 5. The summed E-state index contributed by atoms with van der Waals surface area (Å²) in [5.74, 6) is -0.134. The third-order valence-corrected chi connectivity index (χ3v) is 19.3. The molecule has 0 unspecified atom stereocenters. The zero-order chi connectivity index (χ0) is 60.3. The van der Waals surface area contributed by atoms with Gasteiger partial charge in [0.05, 0.1) is 34.4 Å². The van der Waals surface area contributed by atoms with Crippen LogP contribution in [-0.4, -0.2) is 170 Å². The first-order valence-corrected chi connectivity index (χ1v) is 30.8. The minimum absolute atomic E-state index is 0.0109. The van der Waals surface area contributed by atoms with Gasteiger partial charge in [0.1, 0.15) is 70.5 Å². The maximum atomic E-state index is 15.1. The molecule has 23 nitrogen and oxygen atoms in total. The van der Waals surface area contributed by atoms with Crippen molar-refractivity contribution in [3.63, 3.8) is 0 Å². The summed E-state index contributed by atoms with van der Waals surface area (Å²) in [5, 5.41) is 20.3. The van der Waals surface area contributed by atoms with E-state index in [1.165, 1.54) is 34.9 Å². The minimum Gasteiger partial charge on any atom is -0.491 e. The quantitative estimate of drug-likeness (QED) is 0.0665. The van der Waals surface area contributed by atoms with E-state index in [-0.39, 0.29) is 53.8 Å². The van der Waals surface area contributed by atoms with Gasteiger partial charge in [-0.2, -0.15) is 5.10 Å². The van der Waals surface area contributed by atoms with Crippen molar-refractivity contribution in [2.45, 2.75) is 166 Å². The van der Waals surface area contributed by atoms with Gasteiger partial charge >= 0.3 is 6.09 Å². The van der Waals surface area contributed by atoms with Crippen molar-refractivity contribution >= 4 is 67.9 Å². The lowest BCUT2D eigenvalue weighted by atomic mass is 9.83. The van der Waals surface area contributed by atoms with Crippen LogP contribution in [0.3, 0.4) is 0 Å². The average molecular weight is 1180 g/mol. The second-order valence-corrected chi connectivity index (χ2v) is 27.4. The first kappa shape index (κ1) is 61.1. The number of nitrogens with zero attached hydrogens (tertiary/aromatic N) is 9. The Labute approximate surface area is 492 Å². The second kappa shape index (κ2) is 25.4. The van der Waals surface area contributed by atoms with Gasteiger partial charge in [-0.25, -0.2) is 33.1 Å². The van der Waals surface area contributed by atoms with Gasteiger partial charge in [-0.15, -0.1) is 0 Å². The fraction of sp³-hybridized carbons (Fsp3) is 0.567. The third-order valence-electron chi connectivity index (χ3n) is 16.8. The molecule has 5 heterocycles. The monoisotopic (exact) mass is 1170 g/mol. The van der Waals surface area contributed by atoms with Gasteiger partial charge < -0.3 is 40.5 Å². The zero-order valence-corrected chi connectivity index (χ0v) is 50.9. The molecule has 5 N–H and O–H groups in total. The number of piperazine rings is 1. The summed E-state index contributed by atoms with van der Waals surface area (Å²) in [4.78, 5) is 96.0. The van der Waals surface area contributed by atoms with Crippen LogP contribution in [0.4, 0.5) is 22.2 Å². The Kier molecular flexibility index (Phi) is 18.5. The molecule has 0 bridgehead atoms. The predicted octanol–water partition coefficient (Wildman–Crippen LogP) is 6.49. The number of hydrogen-bond acceptors (Lipinski definition) is 17. The SMILES string of the molecule is Cc1n[nH]c(Nc2ncnc3cc(OCCN4CCN(c5cnc(C(=O)N[C@H]6C[C@@H](C(=O)N[C@@H]7CCCc8ccccc87)N(C(=O)[C@@H](NC(=O)[C@H](C)N(C)C(=O)OC(C)(C)C)C7CCCCC7)C6)cn5)CC4)c(S(=O)(=O)C(C)(C)C)cc23)c1C. The van der Waals surface area contributed by atoms with Crippen LogP contribution in [-0.2, 0) is 35.4 Å². The van der Waals surface area contributed by atoms with Crippen molar-refractivity contribution < 1.29 is 41.9 Å². The number of aromatic amines is 1. The van der Waals surface area contributed by atoms with Crippen LogP contribution in [0.5, 0.6) is 5.75 Å². The predicted molar refractivity (Wildman–Crippen MR) is 318 cm³/mol. The van der Waals surface area contributed by atoms with Gasteiger partial charge in [0.2, 0.25) is 17.7 Å². The minimum atomic E-state index is -3.88. The fourth-order valence-corrected chi connectivity index (χ4v) is 12.8. The summed E-state index contributed by atoms with van der Waals surface area (Å²) in [7, 11) is -2.40. The molecular weight excluding hydrogens is 1090 g/mol. The molecule has 2 aliphatic heterocycles. The molecule has 452 valence electrons. The molecule has 5 amide bonds. The van der Waals surface area contributed by atoms with E-state index in [0.29, 0.717) is 73.9 Å². The van der Waals surface area contributed by atoms with Crippen LogP contribution >= 0.6 is 0 Å². The van der Waals surface area contributed by atoms with Gasteiger partial charge in [-0.3, -0.25) is 34.1 Å². The molecule has 2 aliphatic carbocycles. The standard InChI is InChI=1S/C60H82N14O9S/c1-36-37(2)69-70-52(36)68-53-43-30-49(84(80,81)60(7,8)9)48(31-45(43)63-35-64-53)82-28-27-72-23-25-73(26-24-72)50-33-61-46(32-62-50)55(76)65-41-29-47(56(77)66-44-22-16-20-39-17-14-15-21-42(39)44)74(34-41)57(78)51(40-18-12-11-13-19-40)67-54(75)38(3)71(10)58(79)83-59(4,5)6/h14-15,17,21,30-33,35,38,40-41,44,47,51H,11-13,16,18-20,22-29,34H2,1-10H3,(H,65,76)(H,66,77)(H,67,75)(H2,63,64,68,69,70)/t38-,41-,44+,47-,51-/m0/s1. The van der Waals surface area contributed by atoms with Crippen molar-refractivity contribution in [1.29, 1.82) is 0 Å². The maximum Gasteiger partial charge on any atom is 0.410 e. The smallest absolute Gasteiger partial charge is 0.410 e. The normalized spacial score (nSPS) is 19.7. The highest BCUT2D eigenvalue weighted by atomic mass is 32.2. The number of anilines is 3. The highest BCUT2D eigenvalue weighted by molar-refractivity contribution is 7.92. The molecular formula is C60H82N14O9S. The van der Waals surface area contributed by atoms with E-state index in [1.807, 2.05) is 32.0 Å². The highest BCUT2D eigenvalue weighted by Gasteiger charge is 2.46. The van der Waals surface area contributed by atoms with Gasteiger partial charge in [0, 0.05) is 69.4 Å². The molecule has 84 heavy (non-hydrogen) atoms. The highest BCUT2D eigenvalue weighted by Crippen LogP contribution is 2.38. The first-order chi connectivity index (χ1) is 39.9. The number of likely N-dealkylation sites (N-methyl/N-ethyl adjacent to an activating group) is 1. The third kappa shape index (κ3) is 13.9. The summed E-state index contributed by atoms with van der Waals surface area (Å²) in [6.07, 6.45) is 10.5. The fourth-order valence-electron chi connectivity index (χ4n) is 11.5. The number of carbonyl (C=O) groups is 5. The lowest BCUT2D eigenvalue weighted by Crippen LogP contribution is -2.59. The van der Waals surface area contributed by atoms with Crippen LogP contribution in [0.15, 0.2) is 60.0 Å². The molecule has 3 fully saturated rings. The molecule has 5 atom stereocenters. The van der Waals surface area contributed by atoms with E-state index >= 15 is 4.79 Å². The number of ether oxygens (including phenoxy) is 2. The Morgan fingerprint density at radius 1 is 0.881 bits per heavy atom. The van der Waals surface area contributed by atoms with Crippen LogP contribution in [0.1, 0.15) is 139 Å². The largest absolute Gasteiger partial charge is 0.491 e. The average Bonchev–Trinajstić information content (AvgIpc) is 4.22. The summed E-state index contributed by atoms with van der Waals surface area (Å²) < 4.78 is 38.9. The van der Waals surface area contributed by atoms with Crippen LogP contribution < -0.4 is 30.9 Å². The Morgan fingerprint density at radius 2 is 1.62 bits per heavy atom. The summed E-state index contributed by atoms with van der Waals surface area (Å²) >= 11 is 0. The molecule has 1 saturated carbocycles. The van der Waals surface area contributed by atoms with Crippen LogP contribution in [0, 0.1) is 19.8 Å². The second-order valence-electron chi connectivity index (χ2n) is 24.7. The molecule has 9 rings (SSSR count). The first-order valence-electron chi connectivity index (χ1n) is 29.4. The lowest BCUT2D eigenvalue weighted by Gasteiger charge is -2.36. The van der Waals surface area contributed by atoms with Crippen molar-refractivity contribution in [3.8, 4) is 5.75 Å². The number of fused-ring (bicyclic) bond motifs is 2. The molecule has 4 aliphatic rings. The van der Waals surface area contributed by atoms with E-state index in [1.54, 1.807) is 66.8 Å². The number of nitrogens with one attached hydrogen (secondary N) is 5. The summed E-state index contributed by atoms with van der Waals surface area (Å²) in [6.45, 7) is 18.8. The van der Waals surface area contributed by atoms with Gasteiger partial charge in [0.15, 0.2) is 9.84 Å². The maximum absolute atomic E-state index is 15.1. The molecule has 0 spiro atoms. The number of amides is 5. The number of benzene rings is 2. The molecule has 2 aromatic carbocycles. The number of likely N-dealkylation sites (tertiary alicyclic amines) is 1. The summed E-state index contributed by atoms with van der Waals surface area (Å²) in [6, 6.07) is 7.46. The Hall–Kier alpha value is -7.47. The molecule has 24 heteroatoms. The van der Waals surface area contributed by atoms with E-state index in [0.717, 1.165) is 55.3 Å². The Bertz CT molecular complexity index is 3330. The molecule has 0 radical (unpaired) electrons. The Balaban J connectivity index is 0.843. The number of sulfone groups is 1.